The molecule has 2 aromatic rings. The van der Waals surface area contributed by atoms with Crippen molar-refractivity contribution in [3.05, 3.63) is 54.6 Å². The Morgan fingerprint density at radius 2 is 1.56 bits per heavy atom. The van der Waals surface area contributed by atoms with Gasteiger partial charge in [0.1, 0.15) is 16.4 Å². The molecule has 0 amide bonds. The van der Waals surface area contributed by atoms with Crippen LogP contribution in [-0.2, 0) is 11.1 Å². The van der Waals surface area contributed by atoms with Crippen LogP contribution in [-0.4, -0.2) is 8.76 Å². The maximum absolute atomic E-state index is 11.0. The van der Waals surface area contributed by atoms with E-state index in [1.807, 2.05) is 18.2 Å². The van der Waals surface area contributed by atoms with Gasteiger partial charge in [-0.25, -0.2) is 4.21 Å². The molecule has 3 nitrogen and oxygen atoms in total. The molecule has 0 saturated heterocycles. The molecule has 0 radical (unpaired) electrons. The van der Waals surface area contributed by atoms with E-state index in [1.54, 1.807) is 36.4 Å². The monoisotopic (exact) mass is 234 g/mol. The zero-order valence-electron chi connectivity index (χ0n) is 8.37. The summed E-state index contributed by atoms with van der Waals surface area (Å²) in [5.74, 6) is 1.04. The van der Waals surface area contributed by atoms with Crippen molar-refractivity contribution in [1.29, 1.82) is 0 Å². The van der Waals surface area contributed by atoms with Gasteiger partial charge in [0.25, 0.3) is 0 Å². The van der Waals surface area contributed by atoms with Gasteiger partial charge in [0, 0.05) is 0 Å². The molecule has 0 aliphatic heterocycles. The van der Waals surface area contributed by atoms with Crippen LogP contribution in [0.15, 0.2) is 59.5 Å². The highest BCUT2D eigenvalue weighted by Crippen LogP contribution is 2.26. The molecule has 4 heteroatoms. The fourth-order valence-corrected chi connectivity index (χ4v) is 1.77. The summed E-state index contributed by atoms with van der Waals surface area (Å²) in [5.41, 5.74) is 0. The summed E-state index contributed by atoms with van der Waals surface area (Å²) in [6.45, 7) is 0. The fraction of sp³-hybridized carbons (Fsp3) is 0. The highest BCUT2D eigenvalue weighted by Gasteiger charge is 2.08. The van der Waals surface area contributed by atoms with Gasteiger partial charge < -0.3 is 9.29 Å². The lowest BCUT2D eigenvalue weighted by atomic mass is 10.3. The van der Waals surface area contributed by atoms with Crippen molar-refractivity contribution >= 4 is 11.1 Å². The van der Waals surface area contributed by atoms with Crippen molar-refractivity contribution in [2.45, 2.75) is 4.90 Å². The summed E-state index contributed by atoms with van der Waals surface area (Å²) in [5, 5.41) is 0. The summed E-state index contributed by atoms with van der Waals surface area (Å²) in [6, 6.07) is 15.8. The van der Waals surface area contributed by atoms with Gasteiger partial charge in [-0.2, -0.15) is 0 Å². The molecule has 0 bridgehead atoms. The first kappa shape index (κ1) is 10.9. The van der Waals surface area contributed by atoms with Crippen LogP contribution in [0.1, 0.15) is 0 Å². The molecule has 0 aromatic heterocycles. The third-order valence-corrected chi connectivity index (χ3v) is 2.72. The number of benzene rings is 2. The summed E-state index contributed by atoms with van der Waals surface area (Å²) in [6.07, 6.45) is 0. The topological polar surface area (TPSA) is 46.5 Å². The first-order valence-electron chi connectivity index (χ1n) is 4.70. The summed E-state index contributed by atoms with van der Waals surface area (Å²) < 4.78 is 25.6. The molecule has 16 heavy (non-hydrogen) atoms. The lowest BCUT2D eigenvalue weighted by molar-refractivity contribution is 0.465. The minimum absolute atomic E-state index is 0.270. The Kier molecular flexibility index (Phi) is 3.34. The van der Waals surface area contributed by atoms with Gasteiger partial charge in [-0.3, -0.25) is 0 Å². The van der Waals surface area contributed by atoms with Crippen LogP contribution >= 0.6 is 0 Å². The van der Waals surface area contributed by atoms with E-state index in [-0.39, 0.29) is 4.90 Å². The largest absolute Gasteiger partial charge is 0.456 e. The van der Waals surface area contributed by atoms with E-state index in [1.165, 1.54) is 0 Å². The molecular formula is C12H10O3S. The van der Waals surface area contributed by atoms with E-state index >= 15 is 0 Å². The van der Waals surface area contributed by atoms with Gasteiger partial charge in [-0.05, 0) is 24.3 Å². The van der Waals surface area contributed by atoms with Crippen LogP contribution in [0.3, 0.4) is 0 Å². The predicted octanol–water partition coefficient (Wildman–Crippen LogP) is 3.06. The third kappa shape index (κ3) is 2.48. The Hall–Kier alpha value is -1.65. The van der Waals surface area contributed by atoms with Gasteiger partial charge in [0.2, 0.25) is 0 Å². The molecule has 0 aliphatic rings. The molecule has 1 N–H and O–H groups in total. The van der Waals surface area contributed by atoms with E-state index in [2.05, 4.69) is 0 Å². The van der Waals surface area contributed by atoms with Crippen LogP contribution in [0.2, 0.25) is 0 Å². The van der Waals surface area contributed by atoms with E-state index in [0.717, 1.165) is 0 Å². The minimum atomic E-state index is -2.04. The smallest absolute Gasteiger partial charge is 0.190 e. The van der Waals surface area contributed by atoms with Crippen molar-refractivity contribution < 1.29 is 13.5 Å². The fourth-order valence-electron chi connectivity index (χ4n) is 1.29. The van der Waals surface area contributed by atoms with Crippen molar-refractivity contribution in [3.63, 3.8) is 0 Å². The van der Waals surface area contributed by atoms with Gasteiger partial charge in [-0.1, -0.05) is 30.3 Å². The minimum Gasteiger partial charge on any atom is -0.456 e. The maximum Gasteiger partial charge on any atom is 0.190 e. The Labute approximate surface area is 96.0 Å². The van der Waals surface area contributed by atoms with Crippen LogP contribution < -0.4 is 4.74 Å². The van der Waals surface area contributed by atoms with Gasteiger partial charge >= 0.3 is 0 Å². The molecular weight excluding hydrogens is 224 g/mol. The van der Waals surface area contributed by atoms with E-state index in [9.17, 15) is 4.21 Å². The lowest BCUT2D eigenvalue weighted by Crippen LogP contribution is -1.93. The van der Waals surface area contributed by atoms with E-state index < -0.39 is 11.1 Å². The molecule has 0 aliphatic carbocycles. The van der Waals surface area contributed by atoms with Crippen LogP contribution in [0.5, 0.6) is 11.5 Å². The van der Waals surface area contributed by atoms with Crippen molar-refractivity contribution in [2.75, 3.05) is 0 Å². The number of ether oxygens (including phenoxy) is 1. The highest BCUT2D eigenvalue weighted by molar-refractivity contribution is 7.79. The SMILES string of the molecule is O=S(O)c1ccccc1Oc1ccccc1. The molecule has 0 saturated carbocycles. The molecule has 0 heterocycles. The molecule has 1 unspecified atom stereocenters. The maximum atomic E-state index is 11.0. The van der Waals surface area contributed by atoms with Gasteiger partial charge in [0.05, 0.1) is 0 Å². The second kappa shape index (κ2) is 4.92. The third-order valence-electron chi connectivity index (χ3n) is 2.01. The van der Waals surface area contributed by atoms with Crippen molar-refractivity contribution in [1.82, 2.24) is 0 Å². The molecule has 82 valence electrons. The predicted molar refractivity (Wildman–Crippen MR) is 62.0 cm³/mol. The molecule has 2 aromatic carbocycles. The van der Waals surface area contributed by atoms with Crippen LogP contribution in [0.4, 0.5) is 0 Å². The standard InChI is InChI=1S/C12H10O3S/c13-16(14)12-9-5-4-8-11(12)15-10-6-2-1-3-7-10/h1-9H,(H,13,14). The normalized spacial score (nSPS) is 12.1. The number of hydrogen-bond donors (Lipinski definition) is 1. The lowest BCUT2D eigenvalue weighted by Gasteiger charge is -2.07. The highest BCUT2D eigenvalue weighted by atomic mass is 32.2. The van der Waals surface area contributed by atoms with Gasteiger partial charge in [-0.15, -0.1) is 0 Å². The Morgan fingerprint density at radius 3 is 2.25 bits per heavy atom. The molecule has 2 rings (SSSR count). The number of para-hydroxylation sites is 2. The second-order valence-electron chi connectivity index (χ2n) is 3.11. The zero-order valence-corrected chi connectivity index (χ0v) is 9.18. The zero-order chi connectivity index (χ0) is 11.4. The summed E-state index contributed by atoms with van der Waals surface area (Å²) in [4.78, 5) is 0.270. The Balaban J connectivity index is 2.31. The van der Waals surface area contributed by atoms with Crippen LogP contribution in [0.25, 0.3) is 0 Å². The molecule has 1 atom stereocenters. The molecule has 0 spiro atoms. The van der Waals surface area contributed by atoms with E-state index in [0.29, 0.717) is 11.5 Å². The Bertz CT molecular complexity index is 497. The molecule has 0 fully saturated rings. The van der Waals surface area contributed by atoms with E-state index in [4.69, 9.17) is 9.29 Å². The summed E-state index contributed by atoms with van der Waals surface area (Å²) in [7, 11) is 0. The number of hydrogen-bond acceptors (Lipinski definition) is 2. The van der Waals surface area contributed by atoms with Crippen LogP contribution in [0, 0.1) is 0 Å². The van der Waals surface area contributed by atoms with Crippen molar-refractivity contribution in [3.8, 4) is 11.5 Å². The summed E-state index contributed by atoms with van der Waals surface area (Å²) >= 11 is -2.04. The quantitative estimate of drug-likeness (QED) is 0.830. The second-order valence-corrected chi connectivity index (χ2v) is 4.05. The van der Waals surface area contributed by atoms with Crippen molar-refractivity contribution in [2.24, 2.45) is 0 Å². The number of rotatable bonds is 3. The Morgan fingerprint density at radius 1 is 0.938 bits per heavy atom. The first-order valence-corrected chi connectivity index (χ1v) is 5.81. The van der Waals surface area contributed by atoms with Gasteiger partial charge in [0.15, 0.2) is 11.1 Å². The average Bonchev–Trinajstić information content (AvgIpc) is 2.31. The average molecular weight is 234 g/mol. The first-order chi connectivity index (χ1) is 7.77.